The number of nitrogens with zero attached hydrogens (tertiary/aromatic N) is 5. The molecule has 0 amide bonds. The molecule has 0 N–H and O–H groups in total. The average Bonchev–Trinajstić information content (AvgIpc) is 3.19. The van der Waals surface area contributed by atoms with Crippen LogP contribution in [-0.2, 0) is 16.7 Å². The highest BCUT2D eigenvalue weighted by Gasteiger charge is 2.29. The van der Waals surface area contributed by atoms with Gasteiger partial charge in [0, 0.05) is 50.3 Å². The van der Waals surface area contributed by atoms with Gasteiger partial charge in [-0.3, -0.25) is 14.6 Å². The van der Waals surface area contributed by atoms with Crippen molar-refractivity contribution in [3.63, 3.8) is 0 Å². The molecule has 29 heavy (non-hydrogen) atoms. The zero-order valence-corrected chi connectivity index (χ0v) is 17.5. The highest BCUT2D eigenvalue weighted by atomic mass is 32.2. The minimum absolute atomic E-state index is 0.414. The number of hydrogen-bond acceptors (Lipinski definition) is 5. The summed E-state index contributed by atoms with van der Waals surface area (Å²) in [6.45, 7) is 6.65. The molecule has 0 unspecified atom stereocenters. The SMILES string of the molecule is Cc1ccc(C)c(S(=O)(=O)N2CCN(Cn3nccc3-c3cccnc3)CC2)c1. The van der Waals surface area contributed by atoms with Gasteiger partial charge in [-0.1, -0.05) is 12.1 Å². The number of pyridine rings is 1. The number of benzene rings is 1. The first kappa shape index (κ1) is 19.8. The lowest BCUT2D eigenvalue weighted by molar-refractivity contribution is 0.146. The van der Waals surface area contributed by atoms with Crippen molar-refractivity contribution in [2.24, 2.45) is 0 Å². The predicted molar refractivity (Wildman–Crippen MR) is 112 cm³/mol. The summed E-state index contributed by atoms with van der Waals surface area (Å²) in [5.41, 5.74) is 3.76. The summed E-state index contributed by atoms with van der Waals surface area (Å²) in [6, 6.07) is 11.5. The molecule has 1 saturated heterocycles. The maximum Gasteiger partial charge on any atom is 0.243 e. The molecule has 0 spiro atoms. The molecule has 0 radical (unpaired) electrons. The zero-order chi connectivity index (χ0) is 20.4. The van der Waals surface area contributed by atoms with Crippen LogP contribution in [0.2, 0.25) is 0 Å². The molecule has 1 aliphatic heterocycles. The monoisotopic (exact) mass is 411 g/mol. The van der Waals surface area contributed by atoms with Crippen molar-refractivity contribution in [1.82, 2.24) is 24.0 Å². The number of aromatic nitrogens is 3. The maximum atomic E-state index is 13.1. The van der Waals surface area contributed by atoms with Crippen LogP contribution in [0, 0.1) is 13.8 Å². The Hall–Kier alpha value is -2.55. The molecular formula is C21H25N5O2S. The van der Waals surface area contributed by atoms with Crippen LogP contribution in [0.15, 0.2) is 59.9 Å². The Labute approximate surface area is 171 Å². The lowest BCUT2D eigenvalue weighted by Gasteiger charge is -2.34. The van der Waals surface area contributed by atoms with Gasteiger partial charge in [0.2, 0.25) is 10.0 Å². The first-order chi connectivity index (χ1) is 13.9. The molecule has 0 saturated carbocycles. The molecule has 1 aromatic carbocycles. The number of piperazine rings is 1. The molecule has 4 rings (SSSR count). The Morgan fingerprint density at radius 1 is 1.00 bits per heavy atom. The fourth-order valence-electron chi connectivity index (χ4n) is 3.63. The van der Waals surface area contributed by atoms with Gasteiger partial charge in [0.05, 0.1) is 17.3 Å². The Morgan fingerprint density at radius 2 is 1.79 bits per heavy atom. The fraction of sp³-hybridized carbons (Fsp3) is 0.333. The second kappa shape index (κ2) is 8.06. The molecule has 8 heteroatoms. The van der Waals surface area contributed by atoms with E-state index in [-0.39, 0.29) is 0 Å². The minimum atomic E-state index is -3.48. The number of aryl methyl sites for hydroxylation is 2. The van der Waals surface area contributed by atoms with E-state index in [4.69, 9.17) is 0 Å². The van der Waals surface area contributed by atoms with E-state index in [2.05, 4.69) is 15.0 Å². The van der Waals surface area contributed by atoms with E-state index >= 15 is 0 Å². The molecule has 152 valence electrons. The van der Waals surface area contributed by atoms with E-state index in [0.717, 1.165) is 22.4 Å². The topological polar surface area (TPSA) is 71.3 Å². The Balaban J connectivity index is 1.44. The van der Waals surface area contributed by atoms with Gasteiger partial charge >= 0.3 is 0 Å². The van der Waals surface area contributed by atoms with E-state index in [9.17, 15) is 8.42 Å². The molecule has 0 atom stereocenters. The van der Waals surface area contributed by atoms with Crippen LogP contribution in [0.1, 0.15) is 11.1 Å². The number of sulfonamides is 1. The largest absolute Gasteiger partial charge is 0.282 e. The number of rotatable bonds is 5. The summed E-state index contributed by atoms with van der Waals surface area (Å²) in [5, 5.41) is 4.44. The van der Waals surface area contributed by atoms with Crippen molar-refractivity contribution in [2.45, 2.75) is 25.4 Å². The third kappa shape index (κ3) is 4.10. The summed E-state index contributed by atoms with van der Waals surface area (Å²) >= 11 is 0. The normalized spacial score (nSPS) is 16.2. The number of hydrogen-bond donors (Lipinski definition) is 0. The minimum Gasteiger partial charge on any atom is -0.282 e. The van der Waals surface area contributed by atoms with Crippen molar-refractivity contribution in [2.75, 3.05) is 26.2 Å². The van der Waals surface area contributed by atoms with Crippen LogP contribution in [0.3, 0.4) is 0 Å². The van der Waals surface area contributed by atoms with Crippen LogP contribution in [0.25, 0.3) is 11.3 Å². The van der Waals surface area contributed by atoms with Crippen LogP contribution in [0.4, 0.5) is 0 Å². The highest BCUT2D eigenvalue weighted by molar-refractivity contribution is 7.89. The van der Waals surface area contributed by atoms with Crippen molar-refractivity contribution in [3.05, 3.63) is 66.1 Å². The third-order valence-corrected chi connectivity index (χ3v) is 7.34. The second-order valence-corrected chi connectivity index (χ2v) is 9.30. The van der Waals surface area contributed by atoms with E-state index in [0.29, 0.717) is 37.7 Å². The van der Waals surface area contributed by atoms with E-state index < -0.39 is 10.0 Å². The van der Waals surface area contributed by atoms with Crippen molar-refractivity contribution in [3.8, 4) is 11.3 Å². The zero-order valence-electron chi connectivity index (χ0n) is 16.7. The smallest absolute Gasteiger partial charge is 0.243 e. The molecule has 0 aliphatic carbocycles. The van der Waals surface area contributed by atoms with E-state index in [1.54, 1.807) is 22.8 Å². The van der Waals surface area contributed by atoms with Gasteiger partial charge in [-0.15, -0.1) is 0 Å². The molecule has 7 nitrogen and oxygen atoms in total. The van der Waals surface area contributed by atoms with Gasteiger partial charge in [-0.05, 0) is 49.2 Å². The molecule has 1 aliphatic rings. The molecule has 3 heterocycles. The lowest BCUT2D eigenvalue weighted by Crippen LogP contribution is -2.49. The van der Waals surface area contributed by atoms with Crippen LogP contribution < -0.4 is 0 Å². The van der Waals surface area contributed by atoms with Crippen molar-refractivity contribution >= 4 is 10.0 Å². The molecule has 1 fully saturated rings. The standard InChI is InChI=1S/C21H25N5O2S/c1-17-5-6-18(2)21(14-17)29(27,28)25-12-10-24(11-13-25)16-26-20(7-9-23-26)19-4-3-8-22-15-19/h3-9,14-15H,10-13,16H2,1-2H3. The summed E-state index contributed by atoms with van der Waals surface area (Å²) in [6.07, 6.45) is 5.35. The van der Waals surface area contributed by atoms with Crippen molar-refractivity contribution in [1.29, 1.82) is 0 Å². The average molecular weight is 412 g/mol. The molecular weight excluding hydrogens is 386 g/mol. The Kier molecular flexibility index (Phi) is 5.49. The lowest BCUT2D eigenvalue weighted by atomic mass is 10.2. The maximum absolute atomic E-state index is 13.1. The molecule has 3 aromatic rings. The van der Waals surface area contributed by atoms with Gasteiger partial charge in [0.25, 0.3) is 0 Å². The predicted octanol–water partition coefficient (Wildman–Crippen LogP) is 2.53. The summed E-state index contributed by atoms with van der Waals surface area (Å²) in [7, 11) is -3.48. The second-order valence-electron chi connectivity index (χ2n) is 7.39. The Bertz CT molecular complexity index is 1090. The van der Waals surface area contributed by atoms with Gasteiger partial charge in [0.1, 0.15) is 0 Å². The van der Waals surface area contributed by atoms with Crippen LogP contribution in [-0.4, -0.2) is 58.6 Å². The van der Waals surface area contributed by atoms with Crippen LogP contribution >= 0.6 is 0 Å². The van der Waals surface area contributed by atoms with Gasteiger partial charge in [-0.2, -0.15) is 9.40 Å². The van der Waals surface area contributed by atoms with E-state index in [1.807, 2.05) is 55.1 Å². The van der Waals surface area contributed by atoms with Gasteiger partial charge < -0.3 is 0 Å². The fourth-order valence-corrected chi connectivity index (χ4v) is 5.36. The quantitative estimate of drug-likeness (QED) is 0.645. The third-order valence-electron chi connectivity index (χ3n) is 5.30. The van der Waals surface area contributed by atoms with Gasteiger partial charge in [-0.25, -0.2) is 8.42 Å². The molecule has 2 aromatic heterocycles. The van der Waals surface area contributed by atoms with Crippen molar-refractivity contribution < 1.29 is 8.42 Å². The van der Waals surface area contributed by atoms with Crippen LogP contribution in [0.5, 0.6) is 0 Å². The Morgan fingerprint density at radius 3 is 2.52 bits per heavy atom. The molecule has 0 bridgehead atoms. The summed E-state index contributed by atoms with van der Waals surface area (Å²) < 4.78 is 29.7. The first-order valence-corrected chi connectivity index (χ1v) is 11.1. The summed E-state index contributed by atoms with van der Waals surface area (Å²) in [4.78, 5) is 6.82. The highest BCUT2D eigenvalue weighted by Crippen LogP contribution is 2.23. The van der Waals surface area contributed by atoms with E-state index in [1.165, 1.54) is 0 Å². The van der Waals surface area contributed by atoms with Gasteiger partial charge in [0.15, 0.2) is 0 Å². The first-order valence-electron chi connectivity index (χ1n) is 9.67. The summed E-state index contributed by atoms with van der Waals surface area (Å²) in [5.74, 6) is 0.